The third-order valence-electron chi connectivity index (χ3n) is 4.28. The minimum atomic E-state index is -0.268. The van der Waals surface area contributed by atoms with E-state index in [9.17, 15) is 4.79 Å². The van der Waals surface area contributed by atoms with Crippen molar-refractivity contribution in [2.75, 3.05) is 52.4 Å². The van der Waals surface area contributed by atoms with Gasteiger partial charge in [0.15, 0.2) is 18.1 Å². The summed E-state index contributed by atoms with van der Waals surface area (Å²) in [5, 5.41) is 9.18. The molecule has 1 heterocycles. The first kappa shape index (κ1) is 20.5. The fraction of sp³-hybridized carbons (Fsp3) is 0.333. The van der Waals surface area contributed by atoms with Gasteiger partial charge in [-0.05, 0) is 48.0 Å². The van der Waals surface area contributed by atoms with Gasteiger partial charge in [0.2, 0.25) is 0 Å². The number of amides is 1. The average Bonchev–Trinajstić information content (AvgIpc) is 2.77. The van der Waals surface area contributed by atoms with Crippen LogP contribution in [0.15, 0.2) is 47.6 Å². The van der Waals surface area contributed by atoms with Crippen LogP contribution in [0.3, 0.4) is 0 Å². The number of ether oxygens (including phenoxy) is 4. The first-order valence-corrected chi connectivity index (χ1v) is 9.29. The van der Waals surface area contributed by atoms with Gasteiger partial charge < -0.3 is 24.3 Å². The monoisotopic (exact) mass is 399 g/mol. The summed E-state index contributed by atoms with van der Waals surface area (Å²) < 4.78 is 21.4. The van der Waals surface area contributed by atoms with Gasteiger partial charge >= 0.3 is 0 Å². The quantitative estimate of drug-likeness (QED) is 0.687. The highest BCUT2D eigenvalue weighted by atomic mass is 16.5. The number of nitrogens with one attached hydrogen (secondary N) is 1. The number of carbonyl (C=O) groups excluding carboxylic acids is 1. The summed E-state index contributed by atoms with van der Waals surface area (Å²) in [7, 11) is 3.15. The van der Waals surface area contributed by atoms with Crippen molar-refractivity contribution in [1.82, 2.24) is 5.01 Å². The van der Waals surface area contributed by atoms with Crippen molar-refractivity contribution in [3.8, 4) is 17.2 Å². The molecule has 0 aliphatic carbocycles. The van der Waals surface area contributed by atoms with Crippen LogP contribution < -0.4 is 19.5 Å². The van der Waals surface area contributed by atoms with Gasteiger partial charge in [0.25, 0.3) is 5.91 Å². The highest BCUT2D eigenvalue weighted by molar-refractivity contribution is 5.92. The molecule has 1 aliphatic heterocycles. The molecule has 3 rings (SSSR count). The van der Waals surface area contributed by atoms with Gasteiger partial charge in [0.05, 0.1) is 46.7 Å². The number of carbonyl (C=O) groups is 1. The zero-order valence-corrected chi connectivity index (χ0v) is 16.6. The number of hydrogen-bond donors (Lipinski definition) is 1. The van der Waals surface area contributed by atoms with Gasteiger partial charge in [-0.15, -0.1) is 0 Å². The Morgan fingerprint density at radius 1 is 1.10 bits per heavy atom. The summed E-state index contributed by atoms with van der Waals surface area (Å²) in [5.41, 5.74) is 1.55. The fourth-order valence-electron chi connectivity index (χ4n) is 2.72. The van der Waals surface area contributed by atoms with Crippen molar-refractivity contribution < 1.29 is 23.7 Å². The van der Waals surface area contributed by atoms with Gasteiger partial charge in [-0.1, -0.05) is 0 Å². The molecular formula is C21H25N3O5. The van der Waals surface area contributed by atoms with Crippen molar-refractivity contribution in [3.63, 3.8) is 0 Å². The van der Waals surface area contributed by atoms with Crippen molar-refractivity contribution in [2.45, 2.75) is 0 Å². The van der Waals surface area contributed by atoms with Crippen LogP contribution >= 0.6 is 0 Å². The number of anilines is 1. The molecule has 0 bridgehead atoms. The number of morpholine rings is 1. The molecule has 1 aliphatic rings. The summed E-state index contributed by atoms with van der Waals surface area (Å²) in [6.07, 6.45) is 1.77. The number of benzene rings is 2. The molecule has 2 aromatic rings. The molecule has 154 valence electrons. The molecule has 2 aromatic carbocycles. The minimum absolute atomic E-state index is 0.135. The Balaban J connectivity index is 1.55. The van der Waals surface area contributed by atoms with Gasteiger partial charge in [-0.25, -0.2) is 0 Å². The average molecular weight is 399 g/mol. The molecule has 0 aromatic heterocycles. The van der Waals surface area contributed by atoms with Crippen molar-refractivity contribution >= 4 is 17.8 Å². The van der Waals surface area contributed by atoms with Crippen LogP contribution in [-0.4, -0.2) is 64.3 Å². The number of methoxy groups -OCH3 is 2. The highest BCUT2D eigenvalue weighted by Crippen LogP contribution is 2.27. The van der Waals surface area contributed by atoms with E-state index in [2.05, 4.69) is 10.4 Å². The van der Waals surface area contributed by atoms with Gasteiger partial charge in [0.1, 0.15) is 5.75 Å². The predicted molar refractivity (Wildman–Crippen MR) is 110 cm³/mol. The van der Waals surface area contributed by atoms with Crippen LogP contribution in [0.4, 0.5) is 5.69 Å². The molecule has 1 fully saturated rings. The standard InChI is InChI=1S/C21H25N3O5/c1-26-18-6-4-17(5-7-18)23-21(25)15-29-19-8-3-16(13-20(19)27-2)14-22-24-9-11-28-12-10-24/h3-8,13-14H,9-12,15H2,1-2H3,(H,23,25)/b22-14-. The molecule has 29 heavy (non-hydrogen) atoms. The van der Waals surface area contributed by atoms with Gasteiger partial charge in [0, 0.05) is 5.69 Å². The maximum atomic E-state index is 12.1. The highest BCUT2D eigenvalue weighted by Gasteiger charge is 2.10. The summed E-state index contributed by atoms with van der Waals surface area (Å²) >= 11 is 0. The van der Waals surface area contributed by atoms with Gasteiger partial charge in [-0.3, -0.25) is 9.80 Å². The van der Waals surface area contributed by atoms with E-state index in [1.807, 2.05) is 17.1 Å². The van der Waals surface area contributed by atoms with Crippen molar-refractivity contribution in [1.29, 1.82) is 0 Å². The Morgan fingerprint density at radius 3 is 2.55 bits per heavy atom. The second kappa shape index (κ2) is 10.3. The van der Waals surface area contributed by atoms with E-state index < -0.39 is 0 Å². The first-order valence-electron chi connectivity index (χ1n) is 9.29. The lowest BCUT2D eigenvalue weighted by atomic mass is 10.2. The van der Waals surface area contributed by atoms with Crippen LogP contribution in [0, 0.1) is 0 Å². The van der Waals surface area contributed by atoms with Crippen LogP contribution in [0.5, 0.6) is 17.2 Å². The van der Waals surface area contributed by atoms with Gasteiger partial charge in [-0.2, -0.15) is 5.10 Å². The second-order valence-corrected chi connectivity index (χ2v) is 6.29. The Hall–Kier alpha value is -3.26. The van der Waals surface area contributed by atoms with Crippen LogP contribution in [0.2, 0.25) is 0 Å². The predicted octanol–water partition coefficient (Wildman–Crippen LogP) is 2.39. The normalized spacial score (nSPS) is 13.9. The van der Waals surface area contributed by atoms with E-state index in [1.165, 1.54) is 0 Å². The molecule has 0 unspecified atom stereocenters. The molecule has 8 nitrogen and oxygen atoms in total. The van der Waals surface area contributed by atoms with Crippen molar-refractivity contribution in [2.24, 2.45) is 5.10 Å². The third-order valence-corrected chi connectivity index (χ3v) is 4.28. The molecule has 1 saturated heterocycles. The molecule has 0 spiro atoms. The lowest BCUT2D eigenvalue weighted by Crippen LogP contribution is -2.32. The number of nitrogens with zero attached hydrogens (tertiary/aromatic N) is 2. The van der Waals surface area contributed by atoms with Crippen LogP contribution in [-0.2, 0) is 9.53 Å². The fourth-order valence-corrected chi connectivity index (χ4v) is 2.72. The lowest BCUT2D eigenvalue weighted by molar-refractivity contribution is -0.118. The summed E-state index contributed by atoms with van der Waals surface area (Å²) in [4.78, 5) is 12.1. The maximum absolute atomic E-state index is 12.1. The van der Waals surface area contributed by atoms with E-state index in [4.69, 9.17) is 18.9 Å². The summed E-state index contributed by atoms with van der Waals surface area (Å²) in [6, 6.07) is 12.5. The molecule has 0 radical (unpaired) electrons. The molecular weight excluding hydrogens is 374 g/mol. The van der Waals surface area contributed by atoms with Crippen molar-refractivity contribution in [3.05, 3.63) is 48.0 Å². The Morgan fingerprint density at radius 2 is 1.86 bits per heavy atom. The minimum Gasteiger partial charge on any atom is -0.497 e. The molecule has 1 N–H and O–H groups in total. The van der Waals surface area contributed by atoms with E-state index in [1.54, 1.807) is 50.8 Å². The van der Waals surface area contributed by atoms with Crippen LogP contribution in [0.25, 0.3) is 0 Å². The number of hydrogen-bond acceptors (Lipinski definition) is 7. The second-order valence-electron chi connectivity index (χ2n) is 6.29. The zero-order chi connectivity index (χ0) is 20.5. The van der Waals surface area contributed by atoms with E-state index in [-0.39, 0.29) is 12.5 Å². The Labute approximate surface area is 170 Å². The topological polar surface area (TPSA) is 81.6 Å². The number of hydrazone groups is 1. The largest absolute Gasteiger partial charge is 0.497 e. The van der Waals surface area contributed by atoms with Crippen LogP contribution in [0.1, 0.15) is 5.56 Å². The maximum Gasteiger partial charge on any atom is 0.262 e. The van der Waals surface area contributed by atoms with E-state index in [0.717, 1.165) is 24.4 Å². The first-order chi connectivity index (χ1) is 14.2. The molecule has 0 saturated carbocycles. The molecule has 0 atom stereocenters. The summed E-state index contributed by atoms with van der Waals surface area (Å²) in [5.74, 6) is 1.48. The Kier molecular flexibility index (Phi) is 7.29. The Bertz CT molecular complexity index is 833. The SMILES string of the molecule is COc1ccc(NC(=O)COc2ccc(/C=N\N3CCOCC3)cc2OC)cc1. The summed E-state index contributed by atoms with van der Waals surface area (Å²) in [6.45, 7) is 2.79. The smallest absolute Gasteiger partial charge is 0.262 e. The van der Waals surface area contributed by atoms with E-state index in [0.29, 0.717) is 30.4 Å². The van der Waals surface area contributed by atoms with E-state index >= 15 is 0 Å². The zero-order valence-electron chi connectivity index (χ0n) is 16.6. The number of rotatable bonds is 8. The molecule has 1 amide bonds. The lowest BCUT2D eigenvalue weighted by Gasteiger charge is -2.23. The molecule has 8 heteroatoms. The third kappa shape index (κ3) is 6.11.